The maximum atomic E-state index is 12.9. The summed E-state index contributed by atoms with van der Waals surface area (Å²) in [5.74, 6) is 0.183. The lowest BCUT2D eigenvalue weighted by molar-refractivity contribution is 0.402. The van der Waals surface area contributed by atoms with Gasteiger partial charge in [-0.3, -0.25) is 0 Å². The van der Waals surface area contributed by atoms with Gasteiger partial charge in [0.25, 0.3) is 0 Å². The van der Waals surface area contributed by atoms with Gasteiger partial charge in [-0.05, 0) is 62.4 Å². The summed E-state index contributed by atoms with van der Waals surface area (Å²) in [4.78, 5) is 0.280. The SMILES string of the molecule is C/C(N)=C/C(=N)CC1CCCC12CN2S(=O)(=O)c1ccc(Cl)cc1. The van der Waals surface area contributed by atoms with Gasteiger partial charge in [0.2, 0.25) is 10.0 Å². The first kappa shape index (κ1) is 17.5. The number of nitrogens with zero attached hydrogens (tertiary/aromatic N) is 1. The second kappa shape index (κ2) is 6.17. The number of rotatable bonds is 5. The maximum absolute atomic E-state index is 12.9. The number of nitrogens with one attached hydrogen (secondary N) is 1. The van der Waals surface area contributed by atoms with Gasteiger partial charge in [0, 0.05) is 23.0 Å². The second-order valence-corrected chi connectivity index (χ2v) is 9.07. The van der Waals surface area contributed by atoms with E-state index in [0.717, 1.165) is 19.3 Å². The molecule has 1 heterocycles. The van der Waals surface area contributed by atoms with Crippen LogP contribution in [0.15, 0.2) is 40.9 Å². The zero-order chi connectivity index (χ0) is 17.5. The third kappa shape index (κ3) is 3.10. The van der Waals surface area contributed by atoms with Crippen molar-refractivity contribution in [3.8, 4) is 0 Å². The molecule has 7 heteroatoms. The average molecular weight is 368 g/mol. The maximum Gasteiger partial charge on any atom is 0.243 e. The Morgan fingerprint density at radius 3 is 2.75 bits per heavy atom. The molecule has 0 radical (unpaired) electrons. The Labute approximate surface area is 148 Å². The molecule has 3 N–H and O–H groups in total. The Balaban J connectivity index is 1.79. The van der Waals surface area contributed by atoms with Crippen LogP contribution in [0.25, 0.3) is 0 Å². The van der Waals surface area contributed by atoms with Crippen molar-refractivity contribution in [1.82, 2.24) is 4.31 Å². The highest BCUT2D eigenvalue weighted by Gasteiger charge is 2.64. The third-order valence-corrected chi connectivity index (χ3v) is 7.20. The number of allylic oxidation sites excluding steroid dienone is 2. The van der Waals surface area contributed by atoms with Crippen molar-refractivity contribution in [2.75, 3.05) is 6.54 Å². The summed E-state index contributed by atoms with van der Waals surface area (Å²) < 4.78 is 27.4. The van der Waals surface area contributed by atoms with E-state index in [1.807, 2.05) is 0 Å². The molecule has 1 aliphatic heterocycles. The molecule has 5 nitrogen and oxygen atoms in total. The summed E-state index contributed by atoms with van der Waals surface area (Å²) in [6, 6.07) is 6.30. The van der Waals surface area contributed by atoms with Crippen LogP contribution >= 0.6 is 11.6 Å². The van der Waals surface area contributed by atoms with E-state index in [1.165, 1.54) is 0 Å². The molecule has 1 spiro atoms. The molecule has 1 saturated carbocycles. The van der Waals surface area contributed by atoms with Crippen molar-refractivity contribution in [3.05, 3.63) is 41.1 Å². The molecule has 2 fully saturated rings. The highest BCUT2D eigenvalue weighted by Crippen LogP contribution is 2.54. The lowest BCUT2D eigenvalue weighted by Crippen LogP contribution is -2.29. The van der Waals surface area contributed by atoms with E-state index >= 15 is 0 Å². The largest absolute Gasteiger partial charge is 0.402 e. The van der Waals surface area contributed by atoms with E-state index in [2.05, 4.69) is 0 Å². The Bertz CT molecular complexity index is 785. The normalized spacial score (nSPS) is 29.8. The van der Waals surface area contributed by atoms with Gasteiger partial charge in [-0.15, -0.1) is 0 Å². The van der Waals surface area contributed by atoms with Crippen molar-refractivity contribution in [3.63, 3.8) is 0 Å². The van der Waals surface area contributed by atoms with E-state index in [9.17, 15) is 8.42 Å². The molecule has 3 unspecified atom stereocenters. The van der Waals surface area contributed by atoms with E-state index in [-0.39, 0.29) is 16.4 Å². The minimum atomic E-state index is -3.50. The van der Waals surface area contributed by atoms with Crippen molar-refractivity contribution in [2.24, 2.45) is 11.7 Å². The van der Waals surface area contributed by atoms with Crippen LogP contribution in [0.3, 0.4) is 0 Å². The van der Waals surface area contributed by atoms with Crippen LogP contribution < -0.4 is 5.73 Å². The summed E-state index contributed by atoms with van der Waals surface area (Å²) in [6.45, 7) is 2.30. The molecule has 0 bridgehead atoms. The van der Waals surface area contributed by atoms with Crippen LogP contribution in [0.4, 0.5) is 0 Å². The van der Waals surface area contributed by atoms with Crippen LogP contribution in [0, 0.1) is 11.3 Å². The minimum Gasteiger partial charge on any atom is -0.402 e. The number of halogens is 1. The van der Waals surface area contributed by atoms with Gasteiger partial charge in [-0.2, -0.15) is 4.31 Å². The highest BCUT2D eigenvalue weighted by atomic mass is 35.5. The fourth-order valence-corrected chi connectivity index (χ4v) is 5.80. The van der Waals surface area contributed by atoms with Crippen molar-refractivity contribution < 1.29 is 8.42 Å². The first-order valence-corrected chi connectivity index (χ1v) is 9.87. The van der Waals surface area contributed by atoms with E-state index in [4.69, 9.17) is 22.7 Å². The number of nitrogens with two attached hydrogens (primary N) is 1. The molecule has 0 aromatic heterocycles. The van der Waals surface area contributed by atoms with Gasteiger partial charge in [-0.25, -0.2) is 8.42 Å². The number of benzene rings is 1. The third-order valence-electron chi connectivity index (χ3n) is 5.00. The number of sulfonamides is 1. The molecule has 1 saturated heterocycles. The van der Waals surface area contributed by atoms with E-state index in [0.29, 0.717) is 29.4 Å². The smallest absolute Gasteiger partial charge is 0.243 e. The summed E-state index contributed by atoms with van der Waals surface area (Å²) in [6.07, 6.45) is 5.04. The molecule has 1 aromatic rings. The van der Waals surface area contributed by atoms with E-state index in [1.54, 1.807) is 41.6 Å². The monoisotopic (exact) mass is 367 g/mol. The molecule has 3 rings (SSSR count). The molecule has 1 aromatic carbocycles. The van der Waals surface area contributed by atoms with Crippen LogP contribution in [0.2, 0.25) is 5.02 Å². The quantitative estimate of drug-likeness (QED) is 0.619. The summed E-state index contributed by atoms with van der Waals surface area (Å²) in [5, 5.41) is 8.58. The standard InChI is InChI=1S/C17H22ClN3O2S/c1-12(19)9-15(20)10-13-3-2-8-17(13)11-21(17)24(22,23)16-6-4-14(18)5-7-16/h4-7,9,13,20H,2-3,8,10-11,19H2,1H3/b12-9-,20-15?. The fourth-order valence-electron chi connectivity index (χ4n) is 3.83. The molecule has 3 atom stereocenters. The van der Waals surface area contributed by atoms with Crippen LogP contribution in [0.1, 0.15) is 32.6 Å². The minimum absolute atomic E-state index is 0.183. The van der Waals surface area contributed by atoms with E-state index < -0.39 is 10.0 Å². The molecular formula is C17H22ClN3O2S. The molecule has 2 aliphatic rings. The Morgan fingerprint density at radius 1 is 1.46 bits per heavy atom. The van der Waals surface area contributed by atoms with Crippen molar-refractivity contribution in [1.29, 1.82) is 5.41 Å². The molecular weight excluding hydrogens is 346 g/mol. The highest BCUT2D eigenvalue weighted by molar-refractivity contribution is 7.89. The molecule has 1 aliphatic carbocycles. The Kier molecular flexibility index (Phi) is 4.49. The fraction of sp³-hybridized carbons (Fsp3) is 0.471. The Hall–Kier alpha value is -1.37. The summed E-state index contributed by atoms with van der Waals surface area (Å²) in [5.41, 5.74) is 6.39. The summed E-state index contributed by atoms with van der Waals surface area (Å²) in [7, 11) is -3.50. The Morgan fingerprint density at radius 2 is 2.12 bits per heavy atom. The lowest BCUT2D eigenvalue weighted by Gasteiger charge is -2.20. The summed E-state index contributed by atoms with van der Waals surface area (Å²) >= 11 is 5.85. The predicted octanol–water partition coefficient (Wildman–Crippen LogP) is 3.16. The zero-order valence-corrected chi connectivity index (χ0v) is 15.2. The van der Waals surface area contributed by atoms with Crippen LogP contribution in [-0.2, 0) is 10.0 Å². The second-order valence-electron chi connectivity index (χ2n) is 6.78. The van der Waals surface area contributed by atoms with Gasteiger partial charge in [0.15, 0.2) is 0 Å². The van der Waals surface area contributed by atoms with Gasteiger partial charge < -0.3 is 11.1 Å². The van der Waals surface area contributed by atoms with Gasteiger partial charge in [-0.1, -0.05) is 18.0 Å². The molecule has 0 amide bonds. The molecule has 130 valence electrons. The zero-order valence-electron chi connectivity index (χ0n) is 13.6. The first-order valence-electron chi connectivity index (χ1n) is 8.05. The molecule has 24 heavy (non-hydrogen) atoms. The van der Waals surface area contributed by atoms with Crippen molar-refractivity contribution in [2.45, 2.75) is 43.0 Å². The topological polar surface area (TPSA) is 87.0 Å². The van der Waals surface area contributed by atoms with Crippen LogP contribution in [-0.4, -0.2) is 30.5 Å². The lowest BCUT2D eigenvalue weighted by atomic mass is 9.90. The average Bonchev–Trinajstić information content (AvgIpc) is 3.10. The van der Waals surface area contributed by atoms with Crippen molar-refractivity contribution >= 4 is 27.3 Å². The van der Waals surface area contributed by atoms with Gasteiger partial charge in [0.1, 0.15) is 0 Å². The number of hydrogen-bond donors (Lipinski definition) is 2. The predicted molar refractivity (Wildman–Crippen MR) is 95.7 cm³/mol. The first-order chi connectivity index (χ1) is 11.3. The number of hydrogen-bond acceptors (Lipinski definition) is 4. The van der Waals surface area contributed by atoms with Crippen LogP contribution in [0.5, 0.6) is 0 Å². The van der Waals surface area contributed by atoms with Gasteiger partial charge >= 0.3 is 0 Å². The van der Waals surface area contributed by atoms with Gasteiger partial charge in [0.05, 0.1) is 10.4 Å².